The molecule has 2 N–H and O–H groups in total. The lowest BCUT2D eigenvalue weighted by Crippen LogP contribution is -2.44. The number of carbonyl (C=O) groups is 1. The van der Waals surface area contributed by atoms with E-state index in [1.165, 1.54) is 32.1 Å². The van der Waals surface area contributed by atoms with E-state index >= 15 is 0 Å². The standard InChI is InChI=1S/C26H37ClN2O4/c1-3-4-5-6-7-14-29-15-12-26(13-16-29,25(31)32)11-10-23(30)24-20-17-19(33-2)8-9-22(20)28-18-21(24)27/h8-9,17-18,23,30H,3-7,10-16H2,1-2H3,(H,31,32). The van der Waals surface area contributed by atoms with Crippen molar-refractivity contribution in [1.29, 1.82) is 0 Å². The molecule has 1 aliphatic heterocycles. The minimum Gasteiger partial charge on any atom is -0.497 e. The van der Waals surface area contributed by atoms with Gasteiger partial charge in [0, 0.05) is 17.1 Å². The first kappa shape index (κ1) is 25.7. The molecule has 1 saturated heterocycles. The van der Waals surface area contributed by atoms with E-state index in [0.717, 1.165) is 30.5 Å². The number of pyridine rings is 1. The molecule has 3 rings (SSSR count). The number of methoxy groups -OCH3 is 1. The molecule has 1 atom stereocenters. The Balaban J connectivity index is 1.64. The number of aliphatic carboxylic acids is 1. The number of hydrogen-bond donors (Lipinski definition) is 2. The van der Waals surface area contributed by atoms with Crippen LogP contribution in [0, 0.1) is 5.41 Å². The van der Waals surface area contributed by atoms with Crippen LogP contribution >= 0.6 is 11.6 Å². The number of aromatic nitrogens is 1. The molecule has 1 aliphatic rings. The summed E-state index contributed by atoms with van der Waals surface area (Å²) < 4.78 is 5.32. The second kappa shape index (κ2) is 12.0. The van der Waals surface area contributed by atoms with Crippen LogP contribution in [-0.2, 0) is 4.79 Å². The molecule has 2 aromatic rings. The maximum absolute atomic E-state index is 12.3. The van der Waals surface area contributed by atoms with Gasteiger partial charge in [-0.3, -0.25) is 9.78 Å². The van der Waals surface area contributed by atoms with Crippen molar-refractivity contribution in [3.8, 4) is 5.75 Å². The molecule has 0 aliphatic carbocycles. The van der Waals surface area contributed by atoms with Crippen molar-refractivity contribution < 1.29 is 19.7 Å². The number of rotatable bonds is 12. The van der Waals surface area contributed by atoms with Gasteiger partial charge < -0.3 is 19.8 Å². The van der Waals surface area contributed by atoms with E-state index in [2.05, 4.69) is 16.8 Å². The SMILES string of the molecule is CCCCCCCN1CCC(CCC(O)c2c(Cl)cnc3ccc(OC)cc23)(C(=O)O)CC1. The van der Waals surface area contributed by atoms with Crippen LogP contribution in [0.25, 0.3) is 10.9 Å². The van der Waals surface area contributed by atoms with E-state index in [-0.39, 0.29) is 0 Å². The fourth-order valence-corrected chi connectivity index (χ4v) is 5.18. The molecule has 0 amide bonds. The Morgan fingerprint density at radius 2 is 1.97 bits per heavy atom. The normalized spacial score (nSPS) is 17.2. The summed E-state index contributed by atoms with van der Waals surface area (Å²) in [5.41, 5.74) is 0.507. The molecule has 1 aromatic heterocycles. The number of unbranched alkanes of at least 4 members (excludes halogenated alkanes) is 4. The Morgan fingerprint density at radius 3 is 2.64 bits per heavy atom. The number of carboxylic acids is 1. The van der Waals surface area contributed by atoms with E-state index in [1.54, 1.807) is 13.3 Å². The van der Waals surface area contributed by atoms with Crippen LogP contribution in [0.2, 0.25) is 5.02 Å². The van der Waals surface area contributed by atoms with Gasteiger partial charge in [0.15, 0.2) is 0 Å². The number of fused-ring (bicyclic) bond motifs is 1. The average molecular weight is 477 g/mol. The summed E-state index contributed by atoms with van der Waals surface area (Å²) in [6.45, 7) is 4.86. The molecule has 1 fully saturated rings. The smallest absolute Gasteiger partial charge is 0.309 e. The Bertz CT molecular complexity index is 928. The molecular weight excluding hydrogens is 440 g/mol. The van der Waals surface area contributed by atoms with Gasteiger partial charge in [0.1, 0.15) is 5.75 Å². The molecular formula is C26H37ClN2O4. The zero-order valence-corrected chi connectivity index (χ0v) is 20.6. The summed E-state index contributed by atoms with van der Waals surface area (Å²) in [7, 11) is 1.59. The third-order valence-electron chi connectivity index (χ3n) is 7.14. The molecule has 1 aromatic carbocycles. The summed E-state index contributed by atoms with van der Waals surface area (Å²) in [4.78, 5) is 19.0. The van der Waals surface area contributed by atoms with Gasteiger partial charge >= 0.3 is 5.97 Å². The summed E-state index contributed by atoms with van der Waals surface area (Å²) in [5, 5.41) is 22.3. The third kappa shape index (κ3) is 6.37. The van der Waals surface area contributed by atoms with Crippen molar-refractivity contribution in [2.24, 2.45) is 5.41 Å². The lowest BCUT2D eigenvalue weighted by Gasteiger charge is -2.39. The Labute approximate surface area is 201 Å². The van der Waals surface area contributed by atoms with Crippen molar-refractivity contribution in [2.45, 2.75) is 70.8 Å². The number of ether oxygens (including phenoxy) is 1. The van der Waals surface area contributed by atoms with Crippen LogP contribution in [0.15, 0.2) is 24.4 Å². The Hall–Kier alpha value is -1.89. The fourth-order valence-electron chi connectivity index (χ4n) is 4.91. The van der Waals surface area contributed by atoms with Gasteiger partial charge in [-0.1, -0.05) is 44.2 Å². The van der Waals surface area contributed by atoms with Gasteiger partial charge in [-0.25, -0.2) is 0 Å². The van der Waals surface area contributed by atoms with E-state index in [9.17, 15) is 15.0 Å². The van der Waals surface area contributed by atoms with Gasteiger partial charge in [0.25, 0.3) is 0 Å². The molecule has 0 saturated carbocycles. The van der Waals surface area contributed by atoms with Crippen molar-refractivity contribution >= 4 is 28.5 Å². The molecule has 6 nitrogen and oxygen atoms in total. The molecule has 0 bridgehead atoms. The van der Waals surface area contributed by atoms with Crippen LogP contribution < -0.4 is 4.74 Å². The third-order valence-corrected chi connectivity index (χ3v) is 7.44. The lowest BCUT2D eigenvalue weighted by atomic mass is 9.74. The fraction of sp³-hybridized carbons (Fsp3) is 0.615. The van der Waals surface area contributed by atoms with E-state index in [1.807, 2.05) is 18.2 Å². The second-order valence-electron chi connectivity index (χ2n) is 9.30. The first-order valence-electron chi connectivity index (χ1n) is 12.2. The zero-order chi connectivity index (χ0) is 23.8. The van der Waals surface area contributed by atoms with Crippen molar-refractivity contribution in [3.63, 3.8) is 0 Å². The zero-order valence-electron chi connectivity index (χ0n) is 19.9. The molecule has 7 heteroatoms. The number of likely N-dealkylation sites (tertiary alicyclic amines) is 1. The summed E-state index contributed by atoms with van der Waals surface area (Å²) in [5.74, 6) is -0.103. The average Bonchev–Trinajstić information content (AvgIpc) is 2.82. The second-order valence-corrected chi connectivity index (χ2v) is 9.71. The minimum atomic E-state index is -0.872. The van der Waals surface area contributed by atoms with E-state index in [4.69, 9.17) is 16.3 Å². The molecule has 2 heterocycles. The van der Waals surface area contributed by atoms with Crippen LogP contribution in [0.1, 0.15) is 76.4 Å². The quantitative estimate of drug-likeness (QED) is 0.374. The maximum atomic E-state index is 12.3. The topological polar surface area (TPSA) is 82.9 Å². The maximum Gasteiger partial charge on any atom is 0.309 e. The van der Waals surface area contributed by atoms with Crippen molar-refractivity contribution in [3.05, 3.63) is 35.0 Å². The summed E-state index contributed by atoms with van der Waals surface area (Å²) >= 11 is 6.43. The first-order valence-corrected chi connectivity index (χ1v) is 12.5. The van der Waals surface area contributed by atoms with E-state index in [0.29, 0.717) is 42.0 Å². The summed E-state index contributed by atoms with van der Waals surface area (Å²) in [6.07, 6.45) is 8.87. The number of aliphatic hydroxyl groups is 1. The van der Waals surface area contributed by atoms with Crippen molar-refractivity contribution in [2.75, 3.05) is 26.7 Å². The number of nitrogens with zero attached hydrogens (tertiary/aromatic N) is 2. The Morgan fingerprint density at radius 1 is 1.24 bits per heavy atom. The van der Waals surface area contributed by atoms with Gasteiger partial charge in [0.05, 0.1) is 29.2 Å². The monoisotopic (exact) mass is 476 g/mol. The van der Waals surface area contributed by atoms with Gasteiger partial charge in [0.2, 0.25) is 0 Å². The highest BCUT2D eigenvalue weighted by atomic mass is 35.5. The highest BCUT2D eigenvalue weighted by molar-refractivity contribution is 6.32. The molecule has 0 spiro atoms. The number of hydrogen-bond acceptors (Lipinski definition) is 5. The highest BCUT2D eigenvalue weighted by Crippen LogP contribution is 2.41. The molecule has 33 heavy (non-hydrogen) atoms. The molecule has 1 unspecified atom stereocenters. The predicted octanol–water partition coefficient (Wildman–Crippen LogP) is 5.85. The highest BCUT2D eigenvalue weighted by Gasteiger charge is 2.41. The van der Waals surface area contributed by atoms with Gasteiger partial charge in [-0.15, -0.1) is 0 Å². The van der Waals surface area contributed by atoms with Gasteiger partial charge in [-0.05, 0) is 69.9 Å². The number of piperidine rings is 1. The van der Waals surface area contributed by atoms with Crippen LogP contribution in [-0.4, -0.2) is 52.8 Å². The Kier molecular flexibility index (Phi) is 9.36. The van der Waals surface area contributed by atoms with Crippen LogP contribution in [0.3, 0.4) is 0 Å². The number of carboxylic acid groups (broad SMARTS) is 1. The first-order chi connectivity index (χ1) is 15.9. The molecule has 0 radical (unpaired) electrons. The minimum absolute atomic E-state index is 0.333. The van der Waals surface area contributed by atoms with E-state index < -0.39 is 17.5 Å². The van der Waals surface area contributed by atoms with Gasteiger partial charge in [-0.2, -0.15) is 0 Å². The van der Waals surface area contributed by atoms with Crippen LogP contribution in [0.4, 0.5) is 0 Å². The summed E-state index contributed by atoms with van der Waals surface area (Å²) in [6, 6.07) is 5.46. The number of aliphatic hydroxyl groups excluding tert-OH is 1. The lowest BCUT2D eigenvalue weighted by molar-refractivity contribution is -0.153. The number of benzene rings is 1. The molecule has 182 valence electrons. The predicted molar refractivity (Wildman–Crippen MR) is 132 cm³/mol. The number of halogens is 1. The van der Waals surface area contributed by atoms with Crippen LogP contribution in [0.5, 0.6) is 5.75 Å². The largest absolute Gasteiger partial charge is 0.497 e. The van der Waals surface area contributed by atoms with Crippen molar-refractivity contribution in [1.82, 2.24) is 9.88 Å².